The minimum absolute atomic E-state index is 0.915. The summed E-state index contributed by atoms with van der Waals surface area (Å²) < 4.78 is 0. The van der Waals surface area contributed by atoms with Gasteiger partial charge in [-0.05, 0) is 5.75 Å². The summed E-state index contributed by atoms with van der Waals surface area (Å²) in [4.78, 5) is 0. The number of rotatable bonds is 4. The van der Waals surface area contributed by atoms with Crippen LogP contribution in [0.2, 0.25) is 0 Å². The molecule has 3 N–H and O–H groups in total. The maximum absolute atomic E-state index is 5.01. The van der Waals surface area contributed by atoms with Gasteiger partial charge in [0.2, 0.25) is 0 Å². The summed E-state index contributed by atoms with van der Waals surface area (Å²) in [6, 6.07) is 0. The van der Waals surface area contributed by atoms with E-state index in [1.807, 2.05) is 11.8 Å². The summed E-state index contributed by atoms with van der Waals surface area (Å²) in [6.45, 7) is 3.06. The molecule has 0 radical (unpaired) electrons. The lowest BCUT2D eigenvalue weighted by atomic mass is 10.8. The van der Waals surface area contributed by atoms with E-state index in [2.05, 4.69) is 12.3 Å². The van der Waals surface area contributed by atoms with Crippen molar-refractivity contribution in [1.29, 1.82) is 0 Å². The van der Waals surface area contributed by atoms with Gasteiger partial charge in [0.1, 0.15) is 0 Å². The van der Waals surface area contributed by atoms with Gasteiger partial charge in [-0.25, -0.2) is 0 Å². The van der Waals surface area contributed by atoms with Crippen LogP contribution in [0.3, 0.4) is 0 Å². The zero-order valence-electron chi connectivity index (χ0n) is 4.61. The second-order valence-corrected chi connectivity index (χ2v) is 2.54. The topological polar surface area (TPSA) is 38.0 Å². The fourth-order valence-corrected chi connectivity index (χ4v) is 0.826. The van der Waals surface area contributed by atoms with E-state index in [4.69, 9.17) is 5.84 Å². The lowest BCUT2D eigenvalue weighted by Crippen LogP contribution is -2.24. The van der Waals surface area contributed by atoms with Crippen LogP contribution in [0.1, 0.15) is 6.92 Å². The van der Waals surface area contributed by atoms with E-state index in [-0.39, 0.29) is 0 Å². The van der Waals surface area contributed by atoms with Gasteiger partial charge in [0.25, 0.3) is 0 Å². The molecule has 7 heavy (non-hydrogen) atoms. The second kappa shape index (κ2) is 6.27. The van der Waals surface area contributed by atoms with E-state index in [9.17, 15) is 0 Å². The van der Waals surface area contributed by atoms with Crippen molar-refractivity contribution in [3.8, 4) is 0 Å². The maximum Gasteiger partial charge on any atom is 0.0188 e. The van der Waals surface area contributed by atoms with Gasteiger partial charge in [-0.3, -0.25) is 11.3 Å². The molecule has 0 amide bonds. The molecule has 0 aromatic heterocycles. The largest absolute Gasteiger partial charge is 0.271 e. The Balaban J connectivity index is 2.45. The molecule has 2 nitrogen and oxygen atoms in total. The fraction of sp³-hybridized carbons (Fsp3) is 1.00. The summed E-state index contributed by atoms with van der Waals surface area (Å²) in [5.41, 5.74) is 2.58. The Kier molecular flexibility index (Phi) is 6.51. The van der Waals surface area contributed by atoms with E-state index in [0.29, 0.717) is 0 Å². The van der Waals surface area contributed by atoms with E-state index in [0.717, 1.165) is 12.3 Å². The third kappa shape index (κ3) is 6.27. The van der Waals surface area contributed by atoms with Gasteiger partial charge >= 0.3 is 0 Å². The number of thioether (sulfide) groups is 1. The van der Waals surface area contributed by atoms with Crippen molar-refractivity contribution in [3.05, 3.63) is 0 Å². The lowest BCUT2D eigenvalue weighted by Gasteiger charge is -1.93. The molecule has 0 spiro atoms. The Morgan fingerprint density at radius 2 is 2.43 bits per heavy atom. The fourth-order valence-electron chi connectivity index (χ4n) is 0.275. The highest BCUT2D eigenvalue weighted by Gasteiger charge is 1.78. The van der Waals surface area contributed by atoms with Crippen LogP contribution in [0, 0.1) is 0 Å². The van der Waals surface area contributed by atoms with Crippen LogP contribution >= 0.6 is 11.8 Å². The maximum atomic E-state index is 5.01. The predicted octanol–water partition coefficient (Wildman–Crippen LogP) is 0.203. The molecule has 0 fully saturated rings. The Morgan fingerprint density at radius 1 is 1.71 bits per heavy atom. The molecule has 0 heterocycles. The number of nitrogens with two attached hydrogens (primary N) is 1. The molecule has 44 valence electrons. The first kappa shape index (κ1) is 7.27. The minimum Gasteiger partial charge on any atom is -0.271 e. The molecule has 3 heteroatoms. The van der Waals surface area contributed by atoms with Crippen molar-refractivity contribution in [2.45, 2.75) is 6.92 Å². The van der Waals surface area contributed by atoms with Gasteiger partial charge in [-0.1, -0.05) is 6.92 Å². The van der Waals surface area contributed by atoms with Crippen molar-refractivity contribution < 1.29 is 0 Å². The van der Waals surface area contributed by atoms with Gasteiger partial charge in [0, 0.05) is 12.3 Å². The van der Waals surface area contributed by atoms with Crippen LogP contribution in [0.15, 0.2) is 0 Å². The van der Waals surface area contributed by atoms with Crippen molar-refractivity contribution >= 4 is 11.8 Å². The third-order valence-electron chi connectivity index (χ3n) is 0.595. The zero-order chi connectivity index (χ0) is 5.54. The van der Waals surface area contributed by atoms with Gasteiger partial charge < -0.3 is 0 Å². The van der Waals surface area contributed by atoms with Crippen LogP contribution in [0.4, 0.5) is 0 Å². The van der Waals surface area contributed by atoms with E-state index >= 15 is 0 Å². The Bertz CT molecular complexity index is 28.9. The number of nitrogens with one attached hydrogen (secondary N) is 1. The SMILES string of the molecule is CCSCCNN. The molecule has 0 aromatic carbocycles. The predicted molar refractivity (Wildman–Crippen MR) is 35.2 cm³/mol. The van der Waals surface area contributed by atoms with Crippen LogP contribution in [0.5, 0.6) is 0 Å². The molecule has 0 aromatic rings. The van der Waals surface area contributed by atoms with Crippen LogP contribution in [-0.2, 0) is 0 Å². The summed E-state index contributed by atoms with van der Waals surface area (Å²) >= 11 is 1.89. The van der Waals surface area contributed by atoms with Crippen LogP contribution in [-0.4, -0.2) is 18.1 Å². The second-order valence-electron chi connectivity index (χ2n) is 1.15. The summed E-state index contributed by atoms with van der Waals surface area (Å²) in [6.07, 6.45) is 0. The van der Waals surface area contributed by atoms with Gasteiger partial charge in [0.05, 0.1) is 0 Å². The van der Waals surface area contributed by atoms with E-state index in [1.54, 1.807) is 0 Å². The smallest absolute Gasteiger partial charge is 0.0188 e. The number of hydrazine groups is 1. The van der Waals surface area contributed by atoms with Crippen LogP contribution in [0.25, 0.3) is 0 Å². The number of hydrogen-bond donors (Lipinski definition) is 2. The number of hydrogen-bond acceptors (Lipinski definition) is 3. The standard InChI is InChI=1S/C4H12N2S/c1-2-7-4-3-6-5/h6H,2-5H2,1H3. The molecule has 0 saturated heterocycles. The minimum atomic E-state index is 0.915. The van der Waals surface area contributed by atoms with Crippen molar-refractivity contribution in [3.63, 3.8) is 0 Å². The van der Waals surface area contributed by atoms with Crippen molar-refractivity contribution in [2.24, 2.45) is 5.84 Å². The third-order valence-corrected chi connectivity index (χ3v) is 1.50. The highest BCUT2D eigenvalue weighted by Crippen LogP contribution is 1.93. The molecule has 0 aliphatic carbocycles. The zero-order valence-corrected chi connectivity index (χ0v) is 5.42. The summed E-state index contributed by atoms with van der Waals surface area (Å²) in [7, 11) is 0. The van der Waals surface area contributed by atoms with Crippen molar-refractivity contribution in [1.82, 2.24) is 5.43 Å². The van der Waals surface area contributed by atoms with Gasteiger partial charge in [0.15, 0.2) is 0 Å². The summed E-state index contributed by atoms with van der Waals surface area (Å²) in [5, 5.41) is 0. The molecular formula is C4H12N2S. The highest BCUT2D eigenvalue weighted by atomic mass is 32.2. The van der Waals surface area contributed by atoms with E-state index < -0.39 is 0 Å². The Morgan fingerprint density at radius 3 is 2.86 bits per heavy atom. The quantitative estimate of drug-likeness (QED) is 0.316. The molecule has 0 aliphatic heterocycles. The average Bonchev–Trinajstić information content (AvgIpc) is 1.69. The lowest BCUT2D eigenvalue weighted by molar-refractivity contribution is 0.787. The molecule has 0 bridgehead atoms. The van der Waals surface area contributed by atoms with Crippen LogP contribution < -0.4 is 11.3 Å². The van der Waals surface area contributed by atoms with Gasteiger partial charge in [-0.15, -0.1) is 0 Å². The first-order valence-corrected chi connectivity index (χ1v) is 3.58. The first-order chi connectivity index (χ1) is 3.41. The molecule has 0 saturated carbocycles. The first-order valence-electron chi connectivity index (χ1n) is 2.43. The molecule has 0 unspecified atom stereocenters. The van der Waals surface area contributed by atoms with E-state index in [1.165, 1.54) is 5.75 Å². The molecule has 0 rings (SSSR count). The van der Waals surface area contributed by atoms with Crippen molar-refractivity contribution in [2.75, 3.05) is 18.1 Å². The highest BCUT2D eigenvalue weighted by molar-refractivity contribution is 7.99. The monoisotopic (exact) mass is 120 g/mol. The summed E-state index contributed by atoms with van der Waals surface area (Å²) in [5.74, 6) is 7.31. The Hall–Kier alpha value is 0.270. The Labute approximate surface area is 48.8 Å². The van der Waals surface area contributed by atoms with Gasteiger partial charge in [-0.2, -0.15) is 11.8 Å². The normalized spacial score (nSPS) is 9.43. The molecule has 0 aliphatic rings. The average molecular weight is 120 g/mol. The molecular weight excluding hydrogens is 108 g/mol. The molecule has 0 atom stereocenters.